The minimum absolute atomic E-state index is 0.209. The van der Waals surface area contributed by atoms with Gasteiger partial charge in [-0.15, -0.1) is 0 Å². The van der Waals surface area contributed by atoms with Crippen molar-refractivity contribution < 1.29 is 64.6 Å². The van der Waals surface area contributed by atoms with Crippen molar-refractivity contribution in [2.24, 2.45) is 0 Å². The van der Waals surface area contributed by atoms with Gasteiger partial charge in [0, 0.05) is 6.42 Å². The molecule has 2 fully saturated rings. The molecule has 14 nitrogen and oxygen atoms in total. The Bertz CT molecular complexity index is 1880. The molecular weight excluding hydrogens is 1130 g/mol. The Balaban J connectivity index is 1.63. The first-order chi connectivity index (χ1) is 44.1. The predicted octanol–water partition coefficient (Wildman–Crippen LogP) is 15.3. The summed E-state index contributed by atoms with van der Waals surface area (Å²) in [4.78, 5) is 13.4. The molecule has 1 amide bonds. The highest BCUT2D eigenvalue weighted by Crippen LogP contribution is 2.30. The first-order valence-electron chi connectivity index (χ1n) is 36.5. The van der Waals surface area contributed by atoms with Crippen molar-refractivity contribution in [3.63, 3.8) is 0 Å². The van der Waals surface area contributed by atoms with E-state index in [0.29, 0.717) is 12.8 Å². The third-order valence-corrected chi connectivity index (χ3v) is 17.3. The standard InChI is InChI=1S/C76H133NO13/c1-3-5-7-9-11-13-15-17-19-21-23-24-25-26-27-28-29-30-31-32-33-34-35-36-37-38-39-40-42-44-46-48-50-52-54-56-58-60-68(81)77-64(65(80)59-57-55-53-51-49-47-45-43-41-22-20-18-16-14-12-10-8-6-4-2)63-87-75-73(86)71(84)74(67(62-79)89-75)90-76-72(85)70(83)69(82)66(61-78)88-76/h5,7,11,13,17,19,23-24,26-27,29-30,32-33,35-36,64-67,69-76,78-80,82-86H,3-4,6,8-10,12,14-16,18,20-22,25,28,31,34,37-63H2,1-2H3,(H,77,81)/b7-5-,13-11-,19-17-,24-23-,27-26-,30-29-,33-32-,36-35-. The van der Waals surface area contributed by atoms with Gasteiger partial charge in [0.15, 0.2) is 12.6 Å². The quantitative estimate of drug-likeness (QED) is 0.0204. The molecule has 0 aromatic heterocycles. The van der Waals surface area contributed by atoms with Crippen LogP contribution in [-0.4, -0.2) is 140 Å². The summed E-state index contributed by atoms with van der Waals surface area (Å²) in [6.45, 7) is 2.77. The lowest BCUT2D eigenvalue weighted by molar-refractivity contribution is -0.359. The molecule has 14 heteroatoms. The van der Waals surface area contributed by atoms with Crippen molar-refractivity contribution in [2.45, 2.75) is 357 Å². The van der Waals surface area contributed by atoms with Gasteiger partial charge in [-0.05, 0) is 77.0 Å². The Morgan fingerprint density at radius 2 is 0.767 bits per heavy atom. The fourth-order valence-electron chi connectivity index (χ4n) is 11.5. The maximum atomic E-state index is 13.4. The van der Waals surface area contributed by atoms with E-state index in [1.807, 2.05) is 0 Å². The molecule has 2 saturated heterocycles. The van der Waals surface area contributed by atoms with Crippen LogP contribution in [0.25, 0.3) is 0 Å². The number of hydrogen-bond donors (Lipinski definition) is 9. The van der Waals surface area contributed by atoms with E-state index in [2.05, 4.69) is 116 Å². The van der Waals surface area contributed by atoms with E-state index in [0.717, 1.165) is 109 Å². The summed E-state index contributed by atoms with van der Waals surface area (Å²) in [7, 11) is 0. The van der Waals surface area contributed by atoms with Crippen molar-refractivity contribution in [3.05, 3.63) is 97.2 Å². The van der Waals surface area contributed by atoms with Crippen molar-refractivity contribution in [1.29, 1.82) is 0 Å². The molecule has 2 rings (SSSR count). The zero-order valence-corrected chi connectivity index (χ0v) is 56.6. The molecule has 90 heavy (non-hydrogen) atoms. The second kappa shape index (κ2) is 59.6. The van der Waals surface area contributed by atoms with E-state index in [1.54, 1.807) is 0 Å². The highest BCUT2D eigenvalue weighted by Gasteiger charge is 2.51. The second-order valence-corrected chi connectivity index (χ2v) is 25.3. The van der Waals surface area contributed by atoms with Crippen LogP contribution in [0.3, 0.4) is 0 Å². The molecule has 0 aromatic carbocycles. The van der Waals surface area contributed by atoms with Crippen LogP contribution in [0.4, 0.5) is 0 Å². The molecule has 0 radical (unpaired) electrons. The normalized spacial score (nSPS) is 23.5. The van der Waals surface area contributed by atoms with Gasteiger partial charge in [-0.1, -0.05) is 297 Å². The molecule has 12 atom stereocenters. The monoisotopic (exact) mass is 1270 g/mol. The number of nitrogens with one attached hydrogen (secondary N) is 1. The molecule has 2 heterocycles. The predicted molar refractivity (Wildman–Crippen MR) is 369 cm³/mol. The Hall–Kier alpha value is -3.09. The van der Waals surface area contributed by atoms with Gasteiger partial charge in [-0.25, -0.2) is 0 Å². The molecule has 12 unspecified atom stereocenters. The van der Waals surface area contributed by atoms with Gasteiger partial charge in [0.05, 0.1) is 32.0 Å². The summed E-state index contributed by atoms with van der Waals surface area (Å²) in [6.07, 6.45) is 67.0. The largest absolute Gasteiger partial charge is 0.394 e. The minimum Gasteiger partial charge on any atom is -0.394 e. The molecule has 9 N–H and O–H groups in total. The first-order valence-corrected chi connectivity index (χ1v) is 36.5. The van der Waals surface area contributed by atoms with Crippen LogP contribution < -0.4 is 5.32 Å². The van der Waals surface area contributed by atoms with E-state index in [1.165, 1.54) is 148 Å². The molecule has 0 aromatic rings. The van der Waals surface area contributed by atoms with Crippen LogP contribution in [0.2, 0.25) is 0 Å². The number of rotatable bonds is 59. The summed E-state index contributed by atoms with van der Waals surface area (Å²) in [5.41, 5.74) is 0. The molecule has 0 aliphatic carbocycles. The molecule has 520 valence electrons. The van der Waals surface area contributed by atoms with Gasteiger partial charge in [-0.2, -0.15) is 0 Å². The number of aliphatic hydroxyl groups excluding tert-OH is 8. The average molecular weight is 1270 g/mol. The van der Waals surface area contributed by atoms with Crippen molar-refractivity contribution in [2.75, 3.05) is 19.8 Å². The van der Waals surface area contributed by atoms with Gasteiger partial charge >= 0.3 is 0 Å². The van der Waals surface area contributed by atoms with E-state index in [-0.39, 0.29) is 12.5 Å². The summed E-state index contributed by atoms with van der Waals surface area (Å²) in [6, 6.07) is -0.836. The first kappa shape index (κ1) is 83.0. The molecule has 2 aliphatic heterocycles. The molecule has 2 aliphatic rings. The molecule has 0 saturated carbocycles. The Morgan fingerprint density at radius 1 is 0.411 bits per heavy atom. The lowest BCUT2D eigenvalue weighted by Gasteiger charge is -2.46. The number of carbonyl (C=O) groups excluding carboxylic acids is 1. The van der Waals surface area contributed by atoms with Gasteiger partial charge in [-0.3, -0.25) is 4.79 Å². The van der Waals surface area contributed by atoms with Crippen LogP contribution in [0.1, 0.15) is 284 Å². The Labute approximate surface area is 547 Å². The third-order valence-electron chi connectivity index (χ3n) is 17.3. The van der Waals surface area contributed by atoms with E-state index < -0.39 is 86.8 Å². The Morgan fingerprint density at radius 3 is 1.18 bits per heavy atom. The zero-order valence-electron chi connectivity index (χ0n) is 56.6. The SMILES string of the molecule is CC/C=C\C/C=C\C/C=C\C/C=C\C/C=C\C/C=C\C/C=C\C/C=C\CCCCCCCCCCCCCCC(=O)NC(COC1OC(CO)C(OC2OC(CO)C(O)C(O)C2O)C(O)C1O)C(O)CCCCCCCCCCCCCCCCCCCCC. The maximum absolute atomic E-state index is 13.4. The van der Waals surface area contributed by atoms with Crippen LogP contribution >= 0.6 is 0 Å². The van der Waals surface area contributed by atoms with Crippen LogP contribution in [0.15, 0.2) is 97.2 Å². The lowest BCUT2D eigenvalue weighted by Crippen LogP contribution is -2.65. The van der Waals surface area contributed by atoms with Crippen molar-refractivity contribution >= 4 is 5.91 Å². The Kier molecular flexibility index (Phi) is 55.0. The number of carbonyl (C=O) groups is 1. The van der Waals surface area contributed by atoms with Gasteiger partial charge in [0.25, 0.3) is 0 Å². The zero-order chi connectivity index (χ0) is 65.2. The second-order valence-electron chi connectivity index (χ2n) is 25.3. The van der Waals surface area contributed by atoms with E-state index in [9.17, 15) is 45.6 Å². The smallest absolute Gasteiger partial charge is 0.220 e. The van der Waals surface area contributed by atoms with Gasteiger partial charge in [0.2, 0.25) is 5.91 Å². The summed E-state index contributed by atoms with van der Waals surface area (Å²) in [5.74, 6) is -0.209. The highest BCUT2D eigenvalue weighted by molar-refractivity contribution is 5.76. The molecule has 0 bridgehead atoms. The summed E-state index contributed by atoms with van der Waals surface area (Å²) in [5, 5.41) is 87.6. The van der Waals surface area contributed by atoms with Crippen molar-refractivity contribution in [1.82, 2.24) is 5.32 Å². The number of aliphatic hydroxyl groups is 8. The molecule has 0 spiro atoms. The topological polar surface area (TPSA) is 228 Å². The van der Waals surface area contributed by atoms with Gasteiger partial charge in [0.1, 0.15) is 48.8 Å². The van der Waals surface area contributed by atoms with Crippen molar-refractivity contribution in [3.8, 4) is 0 Å². The number of hydrogen-bond acceptors (Lipinski definition) is 13. The fraction of sp³-hybridized carbons (Fsp3) is 0.776. The minimum atomic E-state index is -1.79. The van der Waals surface area contributed by atoms with E-state index >= 15 is 0 Å². The highest BCUT2D eigenvalue weighted by atomic mass is 16.7. The lowest BCUT2D eigenvalue weighted by atomic mass is 9.97. The van der Waals surface area contributed by atoms with Crippen LogP contribution in [-0.2, 0) is 23.7 Å². The number of allylic oxidation sites excluding steroid dienone is 16. The average Bonchev–Trinajstić information content (AvgIpc) is 1.58. The third kappa shape index (κ3) is 43.0. The number of ether oxygens (including phenoxy) is 4. The summed E-state index contributed by atoms with van der Waals surface area (Å²) >= 11 is 0. The maximum Gasteiger partial charge on any atom is 0.220 e. The van der Waals surface area contributed by atoms with Crippen LogP contribution in [0, 0.1) is 0 Å². The van der Waals surface area contributed by atoms with E-state index in [4.69, 9.17) is 18.9 Å². The fourth-order valence-corrected chi connectivity index (χ4v) is 11.5. The number of amides is 1. The van der Waals surface area contributed by atoms with Crippen LogP contribution in [0.5, 0.6) is 0 Å². The number of unbranched alkanes of at least 4 members (excludes halogenated alkanes) is 30. The van der Waals surface area contributed by atoms with Gasteiger partial charge < -0.3 is 65.1 Å². The summed E-state index contributed by atoms with van der Waals surface area (Å²) < 4.78 is 22.9. The molecular formula is C76H133NO13.